The number of anilines is 1. The van der Waals surface area contributed by atoms with E-state index in [9.17, 15) is 0 Å². The second-order valence-electron chi connectivity index (χ2n) is 7.45. The lowest BCUT2D eigenvalue weighted by Gasteiger charge is -2.37. The predicted octanol–water partition coefficient (Wildman–Crippen LogP) is 1.94. The fourth-order valence-corrected chi connectivity index (χ4v) is 3.98. The van der Waals surface area contributed by atoms with E-state index in [0.717, 1.165) is 70.4 Å². The normalized spacial score (nSPS) is 17.5. The van der Waals surface area contributed by atoms with Crippen molar-refractivity contribution in [1.82, 2.24) is 24.8 Å². The summed E-state index contributed by atoms with van der Waals surface area (Å²) in [6.45, 7) is 8.77. The third-order valence-corrected chi connectivity index (χ3v) is 5.48. The molecule has 0 spiro atoms. The molecule has 0 amide bonds. The summed E-state index contributed by atoms with van der Waals surface area (Å²) in [5.74, 6) is 3.34. The van der Waals surface area contributed by atoms with Gasteiger partial charge in [0.05, 0.1) is 5.69 Å². The first-order chi connectivity index (χ1) is 13.8. The summed E-state index contributed by atoms with van der Waals surface area (Å²) in [4.78, 5) is 18.9. The molecule has 0 aliphatic carbocycles. The van der Waals surface area contributed by atoms with E-state index in [1.165, 1.54) is 24.4 Å². The molecule has 0 bridgehead atoms. The molecule has 1 fully saturated rings. The smallest absolute Gasteiger partial charge is 0.194 e. The summed E-state index contributed by atoms with van der Waals surface area (Å²) in [5, 5.41) is 3.46. The van der Waals surface area contributed by atoms with Crippen LogP contribution < -0.4 is 10.2 Å². The predicted molar refractivity (Wildman–Crippen MR) is 113 cm³/mol. The molecule has 4 heterocycles. The van der Waals surface area contributed by atoms with Gasteiger partial charge < -0.3 is 19.7 Å². The van der Waals surface area contributed by atoms with Gasteiger partial charge in [-0.3, -0.25) is 4.99 Å². The highest BCUT2D eigenvalue weighted by atomic mass is 15.4. The summed E-state index contributed by atoms with van der Waals surface area (Å²) in [6.07, 6.45) is 8.65. The summed E-state index contributed by atoms with van der Waals surface area (Å²) in [6, 6.07) is 6.10. The van der Waals surface area contributed by atoms with Gasteiger partial charge in [-0.25, -0.2) is 9.97 Å². The van der Waals surface area contributed by atoms with Gasteiger partial charge in [-0.05, 0) is 31.9 Å². The lowest BCUT2D eigenvalue weighted by Crippen LogP contribution is -2.52. The van der Waals surface area contributed by atoms with Crippen molar-refractivity contribution in [2.45, 2.75) is 39.2 Å². The molecule has 4 rings (SSSR count). The van der Waals surface area contributed by atoms with Crippen molar-refractivity contribution in [2.75, 3.05) is 44.2 Å². The lowest BCUT2D eigenvalue weighted by atomic mass is 10.2. The molecule has 0 saturated carbocycles. The Morgan fingerprint density at radius 2 is 2.04 bits per heavy atom. The zero-order valence-electron chi connectivity index (χ0n) is 16.8. The topological polar surface area (TPSA) is 61.6 Å². The number of nitrogens with zero attached hydrogens (tertiary/aromatic N) is 6. The van der Waals surface area contributed by atoms with Crippen molar-refractivity contribution in [2.24, 2.45) is 4.99 Å². The number of hydrogen-bond donors (Lipinski definition) is 1. The summed E-state index contributed by atoms with van der Waals surface area (Å²) in [5.41, 5.74) is 1.18. The van der Waals surface area contributed by atoms with E-state index in [2.05, 4.69) is 43.9 Å². The molecule has 2 aromatic rings. The van der Waals surface area contributed by atoms with Gasteiger partial charge in [0.15, 0.2) is 5.96 Å². The molecule has 2 aliphatic rings. The lowest BCUT2D eigenvalue weighted by molar-refractivity contribution is 0.371. The number of imidazole rings is 1. The second-order valence-corrected chi connectivity index (χ2v) is 7.45. The maximum atomic E-state index is 4.88. The fourth-order valence-electron chi connectivity index (χ4n) is 3.98. The van der Waals surface area contributed by atoms with E-state index < -0.39 is 0 Å². The largest absolute Gasteiger partial charge is 0.357 e. The molecule has 150 valence electrons. The fraction of sp³-hybridized carbons (Fsp3) is 0.571. The molecule has 7 heteroatoms. The van der Waals surface area contributed by atoms with E-state index in [1.54, 1.807) is 0 Å². The van der Waals surface area contributed by atoms with E-state index in [4.69, 9.17) is 9.98 Å². The number of aromatic nitrogens is 3. The molecule has 0 atom stereocenters. The number of aryl methyl sites for hydroxylation is 2. The Balaban J connectivity index is 1.32. The van der Waals surface area contributed by atoms with Gasteiger partial charge in [0.25, 0.3) is 0 Å². The SMILES string of the molecule is CCNC(=NCCc1cn2c(n1)CCCC2)N1CCN(c2ccccn2)CC1. The average molecular weight is 382 g/mol. The van der Waals surface area contributed by atoms with Crippen LogP contribution in [0.2, 0.25) is 0 Å². The van der Waals surface area contributed by atoms with E-state index in [0.29, 0.717) is 0 Å². The number of nitrogens with one attached hydrogen (secondary N) is 1. The molecule has 1 saturated heterocycles. The molecule has 28 heavy (non-hydrogen) atoms. The van der Waals surface area contributed by atoms with Crippen molar-refractivity contribution in [3.05, 3.63) is 42.1 Å². The van der Waals surface area contributed by atoms with Crippen LogP contribution in [0.15, 0.2) is 35.6 Å². The van der Waals surface area contributed by atoms with Crippen LogP contribution in [0.3, 0.4) is 0 Å². The van der Waals surface area contributed by atoms with Crippen LogP contribution in [-0.2, 0) is 19.4 Å². The monoisotopic (exact) mass is 381 g/mol. The number of aliphatic imine (C=N–C) groups is 1. The zero-order chi connectivity index (χ0) is 19.2. The van der Waals surface area contributed by atoms with E-state index in [1.807, 2.05) is 18.3 Å². The summed E-state index contributed by atoms with van der Waals surface area (Å²) >= 11 is 0. The summed E-state index contributed by atoms with van der Waals surface area (Å²) in [7, 11) is 0. The molecular formula is C21H31N7. The standard InChI is InChI=1S/C21H31N7/c1-2-22-21(24-11-9-18-17-28-12-6-4-8-20(28)25-18)27-15-13-26(14-16-27)19-7-3-5-10-23-19/h3,5,7,10,17H,2,4,6,8-9,11-16H2,1H3,(H,22,24). The number of hydrogen-bond acceptors (Lipinski definition) is 4. The maximum Gasteiger partial charge on any atom is 0.194 e. The molecule has 2 aliphatic heterocycles. The Labute approximate surface area is 167 Å². The number of rotatable bonds is 5. The molecule has 0 radical (unpaired) electrons. The van der Waals surface area contributed by atoms with Gasteiger partial charge in [-0.1, -0.05) is 6.07 Å². The molecule has 0 unspecified atom stereocenters. The average Bonchev–Trinajstić information content (AvgIpc) is 3.17. The number of guanidine groups is 1. The number of pyridine rings is 1. The van der Waals surface area contributed by atoms with Crippen molar-refractivity contribution in [1.29, 1.82) is 0 Å². The first-order valence-electron chi connectivity index (χ1n) is 10.6. The number of piperazine rings is 1. The van der Waals surface area contributed by atoms with Crippen LogP contribution in [0, 0.1) is 0 Å². The van der Waals surface area contributed by atoms with E-state index >= 15 is 0 Å². The molecule has 1 N–H and O–H groups in total. The molecule has 7 nitrogen and oxygen atoms in total. The van der Waals surface area contributed by atoms with Crippen molar-refractivity contribution >= 4 is 11.8 Å². The van der Waals surface area contributed by atoms with Gasteiger partial charge in [0.1, 0.15) is 11.6 Å². The number of fused-ring (bicyclic) bond motifs is 1. The molecule has 0 aromatic carbocycles. The third-order valence-electron chi connectivity index (χ3n) is 5.48. The Kier molecular flexibility index (Phi) is 6.09. The van der Waals surface area contributed by atoms with Gasteiger partial charge >= 0.3 is 0 Å². The highest BCUT2D eigenvalue weighted by Crippen LogP contribution is 2.15. The van der Waals surface area contributed by atoms with E-state index in [-0.39, 0.29) is 0 Å². The first kappa shape index (κ1) is 18.8. The van der Waals surface area contributed by atoms with Gasteiger partial charge in [-0.2, -0.15) is 0 Å². The van der Waals surface area contributed by atoms with Crippen LogP contribution in [0.1, 0.15) is 31.3 Å². The first-order valence-corrected chi connectivity index (χ1v) is 10.6. The minimum atomic E-state index is 0.777. The van der Waals surface area contributed by atoms with Crippen LogP contribution in [-0.4, -0.2) is 64.7 Å². The third kappa shape index (κ3) is 4.46. The Morgan fingerprint density at radius 3 is 2.79 bits per heavy atom. The van der Waals surface area contributed by atoms with Crippen LogP contribution >= 0.6 is 0 Å². The van der Waals surface area contributed by atoms with Crippen molar-refractivity contribution in [3.63, 3.8) is 0 Å². The highest BCUT2D eigenvalue weighted by Gasteiger charge is 2.20. The Morgan fingerprint density at radius 1 is 1.14 bits per heavy atom. The quantitative estimate of drug-likeness (QED) is 0.634. The van der Waals surface area contributed by atoms with Crippen LogP contribution in [0.5, 0.6) is 0 Å². The zero-order valence-corrected chi connectivity index (χ0v) is 16.8. The van der Waals surface area contributed by atoms with Gasteiger partial charge in [0.2, 0.25) is 0 Å². The van der Waals surface area contributed by atoms with Crippen LogP contribution in [0.4, 0.5) is 5.82 Å². The minimum Gasteiger partial charge on any atom is -0.357 e. The maximum absolute atomic E-state index is 4.88. The minimum absolute atomic E-state index is 0.777. The highest BCUT2D eigenvalue weighted by molar-refractivity contribution is 5.80. The van der Waals surface area contributed by atoms with Crippen LogP contribution in [0.25, 0.3) is 0 Å². The second kappa shape index (κ2) is 9.08. The van der Waals surface area contributed by atoms with Crippen molar-refractivity contribution < 1.29 is 0 Å². The summed E-state index contributed by atoms with van der Waals surface area (Å²) < 4.78 is 2.32. The molecule has 2 aromatic heterocycles. The van der Waals surface area contributed by atoms with Gasteiger partial charge in [-0.15, -0.1) is 0 Å². The molecular weight excluding hydrogens is 350 g/mol. The van der Waals surface area contributed by atoms with Gasteiger partial charge in [0, 0.05) is 71.0 Å². The van der Waals surface area contributed by atoms with Crippen molar-refractivity contribution in [3.8, 4) is 0 Å². The Hall–Kier alpha value is -2.57. The Bertz CT molecular complexity index is 752.